The molecule has 0 saturated carbocycles. The predicted molar refractivity (Wildman–Crippen MR) is 79.3 cm³/mol. The molecule has 1 atom stereocenters. The van der Waals surface area contributed by atoms with E-state index in [4.69, 9.17) is 9.47 Å². The maximum Gasteiger partial charge on any atom is 0.231 e. The van der Waals surface area contributed by atoms with Gasteiger partial charge in [0, 0.05) is 23.2 Å². The first-order valence-electron chi connectivity index (χ1n) is 6.75. The highest BCUT2D eigenvalue weighted by atomic mass is 32.2. The number of rotatable bonds is 2. The van der Waals surface area contributed by atoms with E-state index in [-0.39, 0.29) is 0 Å². The lowest BCUT2D eigenvalue weighted by Gasteiger charge is -2.26. The minimum absolute atomic E-state index is 0.335. The van der Waals surface area contributed by atoms with Gasteiger partial charge in [-0.15, -0.1) is 11.8 Å². The summed E-state index contributed by atoms with van der Waals surface area (Å²) in [4.78, 5) is 1.30. The quantitative estimate of drug-likeness (QED) is 0.916. The monoisotopic (exact) mass is 285 g/mol. The Balaban J connectivity index is 1.68. The van der Waals surface area contributed by atoms with E-state index in [9.17, 15) is 0 Å². The predicted octanol–water partition coefficient (Wildman–Crippen LogP) is 3.35. The van der Waals surface area contributed by atoms with Crippen LogP contribution in [0.2, 0.25) is 0 Å². The van der Waals surface area contributed by atoms with Gasteiger partial charge in [-0.2, -0.15) is 0 Å². The molecule has 102 valence electrons. The lowest BCUT2D eigenvalue weighted by atomic mass is 10.00. The Morgan fingerprint density at radius 3 is 2.70 bits per heavy atom. The first-order valence-corrected chi connectivity index (χ1v) is 7.63. The summed E-state index contributed by atoms with van der Waals surface area (Å²) in [5, 5.41) is 3.90. The van der Waals surface area contributed by atoms with E-state index >= 15 is 0 Å². The third-order valence-electron chi connectivity index (χ3n) is 3.65. The molecule has 4 heteroatoms. The number of hydrogen-bond donors (Lipinski definition) is 1. The molecule has 2 aromatic carbocycles. The summed E-state index contributed by atoms with van der Waals surface area (Å²) in [5.41, 5.74) is 2.68. The van der Waals surface area contributed by atoms with Crippen LogP contribution < -0.4 is 14.8 Å². The molecule has 0 saturated heterocycles. The maximum absolute atomic E-state index is 5.51. The van der Waals surface area contributed by atoms with Crippen LogP contribution in [0.5, 0.6) is 11.5 Å². The Morgan fingerprint density at radius 2 is 1.85 bits per heavy atom. The smallest absolute Gasteiger partial charge is 0.231 e. The van der Waals surface area contributed by atoms with Crippen LogP contribution in [0.4, 0.5) is 0 Å². The molecule has 2 aliphatic rings. The number of benzene rings is 2. The van der Waals surface area contributed by atoms with Gasteiger partial charge in [0.05, 0.1) is 0 Å². The van der Waals surface area contributed by atoms with Crippen LogP contribution in [0, 0.1) is 0 Å². The van der Waals surface area contributed by atoms with Crippen molar-refractivity contribution in [3.8, 4) is 11.5 Å². The van der Waals surface area contributed by atoms with Gasteiger partial charge in [0.2, 0.25) is 6.79 Å². The van der Waals surface area contributed by atoms with Crippen molar-refractivity contribution in [2.45, 2.75) is 16.7 Å². The highest BCUT2D eigenvalue weighted by Gasteiger charge is 2.25. The largest absolute Gasteiger partial charge is 0.454 e. The molecule has 3 nitrogen and oxygen atoms in total. The fraction of sp³-hybridized carbons (Fsp3) is 0.250. The fourth-order valence-corrected chi connectivity index (χ4v) is 3.86. The Bertz CT molecular complexity index is 630. The standard InChI is InChI=1S/C16H15NO2S/c1-2-4-12(5-3-1)20-16-9-17-8-11-6-14-15(7-13(11)16)19-10-18-14/h1-7,16-17H,8-10H2. The molecule has 4 rings (SSSR count). The average Bonchev–Trinajstić information content (AvgIpc) is 2.94. The van der Waals surface area contributed by atoms with Crippen LogP contribution in [0.25, 0.3) is 0 Å². The summed E-state index contributed by atoms with van der Waals surface area (Å²) >= 11 is 1.89. The number of hydrogen-bond acceptors (Lipinski definition) is 4. The van der Waals surface area contributed by atoms with E-state index in [1.54, 1.807) is 0 Å². The van der Waals surface area contributed by atoms with Crippen molar-refractivity contribution in [2.24, 2.45) is 0 Å². The summed E-state index contributed by atoms with van der Waals surface area (Å²) in [6.07, 6.45) is 0. The van der Waals surface area contributed by atoms with Crippen molar-refractivity contribution >= 4 is 11.8 Å². The molecule has 0 bridgehead atoms. The minimum atomic E-state index is 0.335. The lowest BCUT2D eigenvalue weighted by molar-refractivity contribution is 0.174. The van der Waals surface area contributed by atoms with Crippen molar-refractivity contribution < 1.29 is 9.47 Å². The van der Waals surface area contributed by atoms with Crippen molar-refractivity contribution in [1.82, 2.24) is 5.32 Å². The summed E-state index contributed by atoms with van der Waals surface area (Å²) < 4.78 is 11.0. The molecule has 0 aromatic heterocycles. The first kappa shape index (κ1) is 12.1. The molecule has 2 aromatic rings. The van der Waals surface area contributed by atoms with Gasteiger partial charge in [0.25, 0.3) is 0 Å². The highest BCUT2D eigenvalue weighted by Crippen LogP contribution is 2.43. The number of thioether (sulfide) groups is 1. The molecule has 0 fully saturated rings. The van der Waals surface area contributed by atoms with Crippen molar-refractivity contribution in [3.63, 3.8) is 0 Å². The van der Waals surface area contributed by atoms with Gasteiger partial charge in [-0.25, -0.2) is 0 Å². The summed E-state index contributed by atoms with van der Waals surface area (Å²) in [6, 6.07) is 14.8. The Morgan fingerprint density at radius 1 is 1.05 bits per heavy atom. The maximum atomic E-state index is 5.51. The van der Waals surface area contributed by atoms with E-state index in [1.807, 2.05) is 11.8 Å². The molecule has 1 N–H and O–H groups in total. The van der Waals surface area contributed by atoms with Crippen molar-refractivity contribution in [3.05, 3.63) is 53.6 Å². The van der Waals surface area contributed by atoms with E-state index < -0.39 is 0 Å². The zero-order valence-electron chi connectivity index (χ0n) is 11.0. The Kier molecular flexibility index (Phi) is 3.05. The van der Waals surface area contributed by atoms with Crippen LogP contribution in [0.3, 0.4) is 0 Å². The van der Waals surface area contributed by atoms with E-state index in [2.05, 4.69) is 47.8 Å². The lowest BCUT2D eigenvalue weighted by Crippen LogP contribution is -2.26. The van der Waals surface area contributed by atoms with Crippen LogP contribution in [0.1, 0.15) is 16.4 Å². The SMILES string of the molecule is c1ccc(SC2CNCc3cc4c(cc32)OCO4)cc1. The number of nitrogens with one attached hydrogen (secondary N) is 1. The van der Waals surface area contributed by atoms with Gasteiger partial charge in [-0.05, 0) is 35.4 Å². The second kappa shape index (κ2) is 5.04. The van der Waals surface area contributed by atoms with Crippen LogP contribution in [-0.4, -0.2) is 13.3 Å². The van der Waals surface area contributed by atoms with Gasteiger partial charge in [-0.3, -0.25) is 0 Å². The van der Waals surface area contributed by atoms with Crippen LogP contribution in [-0.2, 0) is 6.54 Å². The van der Waals surface area contributed by atoms with Gasteiger partial charge >= 0.3 is 0 Å². The topological polar surface area (TPSA) is 30.5 Å². The first-order chi connectivity index (χ1) is 9.90. The average molecular weight is 285 g/mol. The van der Waals surface area contributed by atoms with Crippen LogP contribution >= 0.6 is 11.8 Å². The molecular weight excluding hydrogens is 270 g/mol. The normalized spacial score (nSPS) is 19.7. The molecule has 0 spiro atoms. The van der Waals surface area contributed by atoms with E-state index in [0.29, 0.717) is 12.0 Å². The molecule has 20 heavy (non-hydrogen) atoms. The van der Waals surface area contributed by atoms with Gasteiger partial charge < -0.3 is 14.8 Å². The molecule has 0 aliphatic carbocycles. The summed E-state index contributed by atoms with van der Waals surface area (Å²) in [5.74, 6) is 1.75. The van der Waals surface area contributed by atoms with Gasteiger partial charge in [0.1, 0.15) is 0 Å². The van der Waals surface area contributed by atoms with Crippen molar-refractivity contribution in [1.29, 1.82) is 0 Å². The number of ether oxygens (including phenoxy) is 2. The third-order valence-corrected chi connectivity index (χ3v) is 4.90. The van der Waals surface area contributed by atoms with Gasteiger partial charge in [0.15, 0.2) is 11.5 Å². The van der Waals surface area contributed by atoms with Gasteiger partial charge in [-0.1, -0.05) is 18.2 Å². The zero-order chi connectivity index (χ0) is 13.4. The Labute approximate surface area is 122 Å². The number of fused-ring (bicyclic) bond motifs is 2. The molecule has 2 heterocycles. The summed E-state index contributed by atoms with van der Waals surface area (Å²) in [7, 11) is 0. The zero-order valence-corrected chi connectivity index (χ0v) is 11.8. The third kappa shape index (κ3) is 2.15. The molecular formula is C16H15NO2S. The van der Waals surface area contributed by atoms with E-state index in [1.165, 1.54) is 16.0 Å². The fourth-order valence-electron chi connectivity index (χ4n) is 2.67. The highest BCUT2D eigenvalue weighted by molar-refractivity contribution is 7.99. The molecule has 1 unspecified atom stereocenters. The Hall–Kier alpha value is -1.65. The minimum Gasteiger partial charge on any atom is -0.454 e. The van der Waals surface area contributed by atoms with Crippen molar-refractivity contribution in [2.75, 3.05) is 13.3 Å². The molecule has 2 aliphatic heterocycles. The summed E-state index contributed by atoms with van der Waals surface area (Å²) in [6.45, 7) is 2.21. The second-order valence-corrected chi connectivity index (χ2v) is 6.23. The second-order valence-electron chi connectivity index (χ2n) is 4.95. The molecule has 0 radical (unpaired) electrons. The van der Waals surface area contributed by atoms with E-state index in [0.717, 1.165) is 24.6 Å². The van der Waals surface area contributed by atoms with Crippen LogP contribution in [0.15, 0.2) is 47.4 Å². The molecule has 0 amide bonds.